The summed E-state index contributed by atoms with van der Waals surface area (Å²) in [4.78, 5) is 0. The zero-order valence-electron chi connectivity index (χ0n) is 5.81. The van der Waals surface area contributed by atoms with Crippen molar-refractivity contribution in [3.8, 4) is 0 Å². The normalized spacial score (nSPS) is 7.50. The van der Waals surface area contributed by atoms with E-state index < -0.39 is 0 Å². The molecule has 0 aromatic rings. The van der Waals surface area contributed by atoms with Gasteiger partial charge < -0.3 is 0 Å². The molecule has 0 rings (SSSR count). The molecule has 0 saturated carbocycles. The van der Waals surface area contributed by atoms with Crippen LogP contribution in [0.4, 0.5) is 0 Å². The highest BCUT2D eigenvalue weighted by Gasteiger charge is 1.85. The predicted octanol–water partition coefficient (Wildman–Crippen LogP) is 3.29. The molecule has 0 saturated heterocycles. The van der Waals surface area contributed by atoms with Gasteiger partial charge in [-0.3, -0.25) is 0 Å². The van der Waals surface area contributed by atoms with Gasteiger partial charge in [0.25, 0.3) is 0 Å². The highest BCUT2D eigenvalue weighted by atomic mass is 35.5. The van der Waals surface area contributed by atoms with Crippen LogP contribution in [0.5, 0.6) is 0 Å². The van der Waals surface area contributed by atoms with Crippen molar-refractivity contribution >= 4 is 24.8 Å². The van der Waals surface area contributed by atoms with Crippen LogP contribution in [-0.2, 0) is 0 Å². The average molecular weight is 159 g/mol. The second-order valence-corrected chi connectivity index (χ2v) is 2.18. The molecule has 2 heteroatoms. The quantitative estimate of drug-likeness (QED) is 0.579. The molecule has 0 aromatic carbocycles. The Labute approximate surface area is 64.9 Å². The maximum atomic E-state index is 2.25. The minimum atomic E-state index is 0. The molecule has 0 heterocycles. The number of hydrogen-bond donors (Lipinski definition) is 0. The summed E-state index contributed by atoms with van der Waals surface area (Å²) in [6.07, 6.45) is 2.71. The lowest BCUT2D eigenvalue weighted by Gasteiger charge is -1.95. The summed E-state index contributed by atoms with van der Waals surface area (Å²) in [5.74, 6) is 0.898. The monoisotopic (exact) mass is 158 g/mol. The molecule has 0 amide bonds. The largest absolute Gasteiger partial charge is 0.147 e. The van der Waals surface area contributed by atoms with Crippen LogP contribution in [0, 0.1) is 5.92 Å². The van der Waals surface area contributed by atoms with E-state index >= 15 is 0 Å². The fourth-order valence-electron chi connectivity index (χ4n) is 0.577. The van der Waals surface area contributed by atoms with Gasteiger partial charge in [0.1, 0.15) is 0 Å². The molecule has 0 nitrogen and oxygen atoms in total. The molecule has 0 aliphatic heterocycles. The summed E-state index contributed by atoms with van der Waals surface area (Å²) in [6, 6.07) is 0. The second kappa shape index (κ2) is 10.5. The average Bonchev–Trinajstić information content (AvgIpc) is 1.35. The topological polar surface area (TPSA) is 0 Å². The van der Waals surface area contributed by atoms with Crippen molar-refractivity contribution in [2.24, 2.45) is 5.92 Å². The zero-order chi connectivity index (χ0) is 4.99. The van der Waals surface area contributed by atoms with Crippen molar-refractivity contribution in [3.63, 3.8) is 0 Å². The van der Waals surface area contributed by atoms with Crippen LogP contribution in [-0.4, -0.2) is 0 Å². The van der Waals surface area contributed by atoms with Gasteiger partial charge in [0.15, 0.2) is 0 Å². The van der Waals surface area contributed by atoms with Gasteiger partial charge in [0.2, 0.25) is 0 Å². The van der Waals surface area contributed by atoms with Gasteiger partial charge in [0.05, 0.1) is 0 Å². The molecule has 0 fully saturated rings. The maximum absolute atomic E-state index is 2.25. The van der Waals surface area contributed by atoms with Crippen LogP contribution in [0.3, 0.4) is 0 Å². The van der Waals surface area contributed by atoms with Crippen LogP contribution in [0.25, 0.3) is 0 Å². The first-order valence-electron chi connectivity index (χ1n) is 2.77. The van der Waals surface area contributed by atoms with Crippen LogP contribution < -0.4 is 0 Å². The number of rotatable bonds is 2. The lowest BCUT2D eigenvalue weighted by Crippen LogP contribution is -1.81. The van der Waals surface area contributed by atoms with E-state index in [0.717, 1.165) is 5.92 Å². The van der Waals surface area contributed by atoms with Crippen molar-refractivity contribution < 1.29 is 0 Å². The van der Waals surface area contributed by atoms with Gasteiger partial charge in [-0.05, 0) is 5.92 Å². The third-order valence-corrected chi connectivity index (χ3v) is 0.866. The number of halogens is 2. The van der Waals surface area contributed by atoms with E-state index in [1.54, 1.807) is 0 Å². The first-order chi connectivity index (χ1) is 2.77. The molecule has 0 aromatic heterocycles. The molecule has 8 heavy (non-hydrogen) atoms. The van der Waals surface area contributed by atoms with Crippen molar-refractivity contribution in [1.29, 1.82) is 0 Å². The van der Waals surface area contributed by atoms with Crippen molar-refractivity contribution in [2.75, 3.05) is 0 Å². The van der Waals surface area contributed by atoms with Crippen LogP contribution in [0.2, 0.25) is 0 Å². The summed E-state index contributed by atoms with van der Waals surface area (Å²) in [6.45, 7) is 6.73. The lowest BCUT2D eigenvalue weighted by atomic mass is 10.1. The third-order valence-electron chi connectivity index (χ3n) is 0.866. The summed E-state index contributed by atoms with van der Waals surface area (Å²) < 4.78 is 0. The standard InChI is InChI=1S/C6H14.2ClH/c1-4-5-6(2)3;;/h6H,4-5H2,1-3H3;2*1H. The highest BCUT2D eigenvalue weighted by molar-refractivity contribution is 5.85. The molecular formula is C6H16Cl2. The van der Waals surface area contributed by atoms with Crippen molar-refractivity contribution in [2.45, 2.75) is 33.6 Å². The van der Waals surface area contributed by atoms with Gasteiger partial charge in [-0.15, -0.1) is 24.8 Å². The fourth-order valence-corrected chi connectivity index (χ4v) is 0.577. The smallest absolute Gasteiger partial charge is 0.0471 e. The molecule has 0 bridgehead atoms. The van der Waals surface area contributed by atoms with Gasteiger partial charge in [-0.2, -0.15) is 0 Å². The minimum Gasteiger partial charge on any atom is -0.147 e. The predicted molar refractivity (Wildman–Crippen MR) is 44.2 cm³/mol. The van der Waals surface area contributed by atoms with Gasteiger partial charge >= 0.3 is 0 Å². The first kappa shape index (κ1) is 15.8. The third kappa shape index (κ3) is 16.0. The first-order valence-corrected chi connectivity index (χ1v) is 2.77. The van der Waals surface area contributed by atoms with Crippen LogP contribution in [0.1, 0.15) is 33.6 Å². The Kier molecular flexibility index (Phi) is 20.9. The summed E-state index contributed by atoms with van der Waals surface area (Å²) in [5, 5.41) is 0. The van der Waals surface area contributed by atoms with Gasteiger partial charge in [0, 0.05) is 0 Å². The zero-order valence-corrected chi connectivity index (χ0v) is 7.44. The minimum absolute atomic E-state index is 0. The number of hydrogen-bond acceptors (Lipinski definition) is 0. The Balaban J connectivity index is -0.000000125. The second-order valence-electron chi connectivity index (χ2n) is 2.18. The van der Waals surface area contributed by atoms with Crippen molar-refractivity contribution in [3.05, 3.63) is 0 Å². The van der Waals surface area contributed by atoms with Gasteiger partial charge in [-0.1, -0.05) is 33.6 Å². The highest BCUT2D eigenvalue weighted by Crippen LogP contribution is 2.00. The Morgan fingerprint density at radius 1 is 1.12 bits per heavy atom. The fraction of sp³-hybridized carbons (Fsp3) is 1.00. The molecule has 0 radical (unpaired) electrons. The van der Waals surface area contributed by atoms with Crippen molar-refractivity contribution in [1.82, 2.24) is 0 Å². The summed E-state index contributed by atoms with van der Waals surface area (Å²) >= 11 is 0. The molecule has 0 aliphatic rings. The van der Waals surface area contributed by atoms with E-state index in [1.165, 1.54) is 12.8 Å². The molecule has 0 aliphatic carbocycles. The molecular weight excluding hydrogens is 143 g/mol. The molecule has 0 unspecified atom stereocenters. The van der Waals surface area contributed by atoms with E-state index in [1.807, 2.05) is 0 Å². The molecule has 0 spiro atoms. The van der Waals surface area contributed by atoms with E-state index in [9.17, 15) is 0 Å². The Bertz CT molecular complexity index is 27.7. The van der Waals surface area contributed by atoms with Crippen LogP contribution in [0.15, 0.2) is 0 Å². The van der Waals surface area contributed by atoms with E-state index in [2.05, 4.69) is 20.8 Å². The SMILES string of the molecule is CCCC(C)C.Cl.Cl. The Morgan fingerprint density at radius 2 is 1.50 bits per heavy atom. The van der Waals surface area contributed by atoms with Gasteiger partial charge in [-0.25, -0.2) is 0 Å². The molecule has 54 valence electrons. The molecule has 0 atom stereocenters. The van der Waals surface area contributed by atoms with Crippen LogP contribution >= 0.6 is 24.8 Å². The summed E-state index contributed by atoms with van der Waals surface area (Å²) in [7, 11) is 0. The Hall–Kier alpha value is 0.580. The van der Waals surface area contributed by atoms with E-state index in [-0.39, 0.29) is 24.8 Å². The van der Waals surface area contributed by atoms with E-state index in [4.69, 9.17) is 0 Å². The van der Waals surface area contributed by atoms with E-state index in [0.29, 0.717) is 0 Å². The Morgan fingerprint density at radius 3 is 1.50 bits per heavy atom. The lowest BCUT2D eigenvalue weighted by molar-refractivity contribution is 0.576. The summed E-state index contributed by atoms with van der Waals surface area (Å²) in [5.41, 5.74) is 0. The molecule has 0 N–H and O–H groups in total. The maximum Gasteiger partial charge on any atom is -0.0471 e.